The minimum absolute atomic E-state index is 0.112. The maximum absolute atomic E-state index is 12.0. The molecule has 104 valence electrons. The topological polar surface area (TPSA) is 116 Å². The molecule has 0 saturated heterocycles. The van der Waals surface area contributed by atoms with Crippen molar-refractivity contribution in [3.05, 3.63) is 16.7 Å². The third-order valence-corrected chi connectivity index (χ3v) is 4.69. The van der Waals surface area contributed by atoms with Gasteiger partial charge in [0.15, 0.2) is 15.1 Å². The summed E-state index contributed by atoms with van der Waals surface area (Å²) in [6.07, 6.45) is 0.578. The van der Waals surface area contributed by atoms with E-state index in [0.29, 0.717) is 4.96 Å². The number of fused-ring (bicyclic) bond motifs is 1. The van der Waals surface area contributed by atoms with E-state index in [1.165, 1.54) is 15.7 Å². The van der Waals surface area contributed by atoms with Crippen LogP contribution in [-0.4, -0.2) is 37.0 Å². The van der Waals surface area contributed by atoms with Gasteiger partial charge in [-0.05, 0) is 0 Å². The summed E-state index contributed by atoms with van der Waals surface area (Å²) >= 11 is 7.07. The first kappa shape index (κ1) is 14.1. The van der Waals surface area contributed by atoms with Gasteiger partial charge in [0.1, 0.15) is 6.61 Å². The minimum Gasteiger partial charge on any atom is -0.448 e. The van der Waals surface area contributed by atoms with Crippen LogP contribution < -0.4 is 10.5 Å². The van der Waals surface area contributed by atoms with Gasteiger partial charge in [0.2, 0.25) is 0 Å². The summed E-state index contributed by atoms with van der Waals surface area (Å²) in [6, 6.07) is 0. The number of nitrogens with zero attached hydrogens (tertiary/aromatic N) is 2. The number of ether oxygens (including phenoxy) is 1. The molecule has 0 atom stereocenters. The van der Waals surface area contributed by atoms with Gasteiger partial charge in [0.05, 0.1) is 0 Å². The van der Waals surface area contributed by atoms with Gasteiger partial charge >= 0.3 is 6.09 Å². The average Bonchev–Trinajstić information content (AvgIpc) is 2.83. The standard InChI is InChI=1S/C8H9ClN4O4S2/c9-5-6(13-2-4-18-8(13)12-5)19(15,16)11-1-3-17-7(10)14/h2,4,11H,1,3H2,(H2,10,14). The number of carbonyl (C=O) groups excluding carboxylic acids is 1. The van der Waals surface area contributed by atoms with Crippen LogP contribution in [0.2, 0.25) is 5.15 Å². The van der Waals surface area contributed by atoms with E-state index in [1.807, 2.05) is 0 Å². The number of nitrogens with two attached hydrogens (primary N) is 1. The molecular formula is C8H9ClN4O4S2. The molecule has 0 aliphatic heterocycles. The Morgan fingerprint density at radius 2 is 2.37 bits per heavy atom. The maximum Gasteiger partial charge on any atom is 0.404 e. The van der Waals surface area contributed by atoms with Crippen LogP contribution in [0.4, 0.5) is 4.79 Å². The van der Waals surface area contributed by atoms with Crippen molar-refractivity contribution in [2.75, 3.05) is 13.2 Å². The van der Waals surface area contributed by atoms with Crippen molar-refractivity contribution in [2.24, 2.45) is 5.73 Å². The number of amides is 1. The van der Waals surface area contributed by atoms with Gasteiger partial charge in [0.25, 0.3) is 10.0 Å². The Bertz CT molecular complexity index is 707. The van der Waals surface area contributed by atoms with E-state index in [4.69, 9.17) is 17.3 Å². The summed E-state index contributed by atoms with van der Waals surface area (Å²) in [6.45, 7) is -0.281. The van der Waals surface area contributed by atoms with Crippen LogP contribution in [0.5, 0.6) is 0 Å². The first-order valence-corrected chi connectivity index (χ1v) is 7.69. The van der Waals surface area contributed by atoms with Crippen molar-refractivity contribution in [3.8, 4) is 0 Å². The van der Waals surface area contributed by atoms with Gasteiger partial charge in [-0.1, -0.05) is 11.6 Å². The molecular weight excluding hydrogens is 316 g/mol. The lowest BCUT2D eigenvalue weighted by Gasteiger charge is -2.06. The molecule has 2 rings (SSSR count). The first-order chi connectivity index (χ1) is 8.92. The van der Waals surface area contributed by atoms with Crippen molar-refractivity contribution in [2.45, 2.75) is 5.03 Å². The Morgan fingerprint density at radius 3 is 3.05 bits per heavy atom. The van der Waals surface area contributed by atoms with Gasteiger partial charge in [0, 0.05) is 18.1 Å². The Labute approximate surface area is 117 Å². The van der Waals surface area contributed by atoms with Gasteiger partial charge in [-0.15, -0.1) is 11.3 Å². The Morgan fingerprint density at radius 1 is 1.63 bits per heavy atom. The second-order valence-electron chi connectivity index (χ2n) is 3.33. The SMILES string of the molecule is NC(=O)OCCNS(=O)(=O)c1c(Cl)nc2sccn12. The van der Waals surface area contributed by atoms with Gasteiger partial charge in [-0.2, -0.15) is 0 Å². The number of sulfonamides is 1. The highest BCUT2D eigenvalue weighted by Gasteiger charge is 2.24. The number of primary amides is 1. The van der Waals surface area contributed by atoms with E-state index in [-0.39, 0.29) is 23.3 Å². The quantitative estimate of drug-likeness (QED) is 0.773. The van der Waals surface area contributed by atoms with Crippen molar-refractivity contribution < 1.29 is 17.9 Å². The third kappa shape index (κ3) is 2.97. The van der Waals surface area contributed by atoms with Gasteiger partial charge < -0.3 is 10.5 Å². The summed E-state index contributed by atoms with van der Waals surface area (Å²) in [5.41, 5.74) is 4.75. The van der Waals surface area contributed by atoms with E-state index in [1.54, 1.807) is 11.6 Å². The summed E-state index contributed by atoms with van der Waals surface area (Å²) in [5, 5.41) is 1.42. The number of aromatic nitrogens is 2. The van der Waals surface area contributed by atoms with E-state index < -0.39 is 16.1 Å². The Balaban J connectivity index is 2.17. The summed E-state index contributed by atoms with van der Waals surface area (Å²) in [7, 11) is -3.85. The highest BCUT2D eigenvalue weighted by Crippen LogP contribution is 2.24. The maximum atomic E-state index is 12.0. The average molecular weight is 325 g/mol. The van der Waals surface area contributed by atoms with Crippen LogP contribution in [0.15, 0.2) is 16.6 Å². The number of halogens is 1. The zero-order chi connectivity index (χ0) is 14.0. The van der Waals surface area contributed by atoms with Crippen LogP contribution in [0.1, 0.15) is 0 Å². The second-order valence-corrected chi connectivity index (χ2v) is 6.24. The highest BCUT2D eigenvalue weighted by atomic mass is 35.5. The third-order valence-electron chi connectivity index (χ3n) is 2.07. The van der Waals surface area contributed by atoms with Crippen LogP contribution in [-0.2, 0) is 14.8 Å². The number of rotatable bonds is 5. The molecule has 0 fully saturated rings. The molecule has 0 saturated carbocycles. The number of carbonyl (C=O) groups is 1. The predicted molar refractivity (Wildman–Crippen MR) is 68.8 cm³/mol. The molecule has 8 nitrogen and oxygen atoms in total. The fourth-order valence-corrected chi connectivity index (χ4v) is 3.84. The molecule has 2 aromatic heterocycles. The minimum atomic E-state index is -3.85. The molecule has 0 radical (unpaired) electrons. The molecule has 0 aromatic carbocycles. The second kappa shape index (κ2) is 5.33. The van der Waals surface area contributed by atoms with Crippen molar-refractivity contribution >= 4 is 44.0 Å². The monoisotopic (exact) mass is 324 g/mol. The van der Waals surface area contributed by atoms with Crippen molar-refractivity contribution in [1.29, 1.82) is 0 Å². The highest BCUT2D eigenvalue weighted by molar-refractivity contribution is 7.89. The molecule has 0 unspecified atom stereocenters. The molecule has 19 heavy (non-hydrogen) atoms. The molecule has 11 heteroatoms. The molecule has 0 bridgehead atoms. The van der Waals surface area contributed by atoms with Crippen LogP contribution in [0, 0.1) is 0 Å². The van der Waals surface area contributed by atoms with Crippen LogP contribution in [0.25, 0.3) is 4.96 Å². The lowest BCUT2D eigenvalue weighted by Crippen LogP contribution is -2.30. The van der Waals surface area contributed by atoms with Crippen molar-refractivity contribution in [3.63, 3.8) is 0 Å². The first-order valence-electron chi connectivity index (χ1n) is 4.95. The molecule has 0 aliphatic rings. The summed E-state index contributed by atoms with van der Waals surface area (Å²) in [4.78, 5) is 14.7. The summed E-state index contributed by atoms with van der Waals surface area (Å²) in [5.74, 6) is 0. The number of imidazole rings is 1. The zero-order valence-corrected chi connectivity index (χ0v) is 11.8. The van der Waals surface area contributed by atoms with Gasteiger partial charge in [-0.25, -0.2) is 22.9 Å². The molecule has 0 spiro atoms. The molecule has 2 heterocycles. The lowest BCUT2D eigenvalue weighted by atomic mass is 10.7. The Kier molecular flexibility index (Phi) is 3.94. The van der Waals surface area contributed by atoms with E-state index >= 15 is 0 Å². The van der Waals surface area contributed by atoms with E-state index in [9.17, 15) is 13.2 Å². The summed E-state index contributed by atoms with van der Waals surface area (Å²) < 4.78 is 32.1. The molecule has 1 amide bonds. The van der Waals surface area contributed by atoms with Crippen LogP contribution >= 0.6 is 22.9 Å². The smallest absolute Gasteiger partial charge is 0.404 e. The number of thiazole rings is 1. The lowest BCUT2D eigenvalue weighted by molar-refractivity contribution is 0.159. The fourth-order valence-electron chi connectivity index (χ4n) is 1.38. The van der Waals surface area contributed by atoms with E-state index in [2.05, 4.69) is 14.4 Å². The number of hydrogen-bond acceptors (Lipinski definition) is 6. The molecule has 2 aromatic rings. The van der Waals surface area contributed by atoms with Crippen molar-refractivity contribution in [1.82, 2.24) is 14.1 Å². The predicted octanol–water partition coefficient (Wildman–Crippen LogP) is 0.423. The Hall–Kier alpha value is -1.36. The van der Waals surface area contributed by atoms with E-state index in [0.717, 1.165) is 0 Å². The fraction of sp³-hybridized carbons (Fsp3) is 0.250. The number of nitrogens with one attached hydrogen (secondary N) is 1. The largest absolute Gasteiger partial charge is 0.448 e. The van der Waals surface area contributed by atoms with Crippen LogP contribution in [0.3, 0.4) is 0 Å². The normalized spacial score (nSPS) is 11.8. The zero-order valence-electron chi connectivity index (χ0n) is 9.37. The van der Waals surface area contributed by atoms with Gasteiger partial charge in [-0.3, -0.25) is 4.40 Å². The number of hydrogen-bond donors (Lipinski definition) is 2. The molecule has 0 aliphatic carbocycles. The molecule has 3 N–H and O–H groups in total.